The van der Waals surface area contributed by atoms with Crippen molar-refractivity contribution in [1.82, 2.24) is 0 Å². The number of ether oxygens (including phenoxy) is 1. The van der Waals surface area contributed by atoms with E-state index in [0.29, 0.717) is 11.3 Å². The number of nitrogens with zero attached hydrogens (tertiary/aromatic N) is 1. The largest absolute Gasteiger partial charge is 0.496 e. The number of hydrogen-bond acceptors (Lipinski definition) is 2. The van der Waals surface area contributed by atoms with Crippen molar-refractivity contribution in [3.05, 3.63) is 94.5 Å². The molecule has 0 spiro atoms. The first kappa shape index (κ1) is 20.5. The Labute approximate surface area is 183 Å². The lowest BCUT2D eigenvalue weighted by molar-refractivity contribution is 0.0946. The van der Waals surface area contributed by atoms with Crippen molar-refractivity contribution in [2.45, 2.75) is 38.1 Å². The molecule has 4 rings (SSSR count). The molecule has 0 radical (unpaired) electrons. The van der Waals surface area contributed by atoms with Gasteiger partial charge in [-0.1, -0.05) is 61.0 Å². The van der Waals surface area contributed by atoms with Gasteiger partial charge in [0.25, 0.3) is 5.91 Å². The smallest absolute Gasteiger partial charge is 0.262 e. The highest BCUT2D eigenvalue weighted by atomic mass is 35.5. The first-order chi connectivity index (χ1) is 14.3. The van der Waals surface area contributed by atoms with Crippen molar-refractivity contribution in [3.63, 3.8) is 0 Å². The molecule has 3 aromatic rings. The highest BCUT2D eigenvalue weighted by Gasteiger charge is 2.48. The summed E-state index contributed by atoms with van der Waals surface area (Å²) >= 11 is 6.15. The number of carbonyl (C=O) groups excluding carboxylic acids is 1. The molecule has 1 heterocycles. The number of rotatable bonds is 3. The summed E-state index contributed by atoms with van der Waals surface area (Å²) in [6.45, 7) is 6.51. The molecule has 0 N–H and O–H groups in total. The summed E-state index contributed by atoms with van der Waals surface area (Å²) in [6.07, 6.45) is 0.777. The van der Waals surface area contributed by atoms with Gasteiger partial charge in [0.15, 0.2) is 0 Å². The maximum atomic E-state index is 13.8. The molecular formula is C26H26ClNO2. The lowest BCUT2D eigenvalue weighted by Gasteiger charge is -2.51. The SMILES string of the molecule is COc1ccccc1C(=O)N1c2ccccc2[C@@](C)(c2ccc(Cl)cc2)CC1(C)C. The maximum Gasteiger partial charge on any atom is 0.262 e. The number of anilines is 1. The van der Waals surface area contributed by atoms with Crippen LogP contribution in [0.2, 0.25) is 5.02 Å². The fourth-order valence-corrected chi connectivity index (χ4v) is 5.03. The van der Waals surface area contributed by atoms with E-state index in [-0.39, 0.29) is 11.3 Å². The molecule has 0 bridgehead atoms. The van der Waals surface area contributed by atoms with Crippen LogP contribution in [0.25, 0.3) is 0 Å². The maximum absolute atomic E-state index is 13.8. The minimum absolute atomic E-state index is 0.0527. The van der Waals surface area contributed by atoms with Gasteiger partial charge in [-0.05, 0) is 61.7 Å². The van der Waals surface area contributed by atoms with Crippen LogP contribution in [-0.2, 0) is 5.41 Å². The molecule has 3 aromatic carbocycles. The highest BCUT2D eigenvalue weighted by molar-refractivity contribution is 6.30. The van der Waals surface area contributed by atoms with E-state index in [2.05, 4.69) is 39.0 Å². The van der Waals surface area contributed by atoms with Crippen LogP contribution in [-0.4, -0.2) is 18.6 Å². The predicted molar refractivity (Wildman–Crippen MR) is 123 cm³/mol. The first-order valence-electron chi connectivity index (χ1n) is 10.1. The molecule has 30 heavy (non-hydrogen) atoms. The van der Waals surface area contributed by atoms with Crippen molar-refractivity contribution < 1.29 is 9.53 Å². The molecule has 154 valence electrons. The van der Waals surface area contributed by atoms with Crippen LogP contribution in [0.15, 0.2) is 72.8 Å². The molecule has 0 aliphatic carbocycles. The topological polar surface area (TPSA) is 29.5 Å². The Morgan fingerprint density at radius 2 is 1.57 bits per heavy atom. The van der Waals surface area contributed by atoms with E-state index in [1.807, 2.05) is 59.5 Å². The van der Waals surface area contributed by atoms with E-state index in [4.69, 9.17) is 16.3 Å². The lowest BCUT2D eigenvalue weighted by atomic mass is 9.65. The molecule has 3 nitrogen and oxygen atoms in total. The molecule has 0 saturated heterocycles. The van der Waals surface area contributed by atoms with E-state index >= 15 is 0 Å². The van der Waals surface area contributed by atoms with Gasteiger partial charge >= 0.3 is 0 Å². The molecule has 0 aromatic heterocycles. The molecule has 1 aliphatic rings. The predicted octanol–water partition coefficient (Wildman–Crippen LogP) is 6.48. The fraction of sp³-hybridized carbons (Fsp3) is 0.269. The molecule has 0 saturated carbocycles. The quantitative estimate of drug-likeness (QED) is 0.486. The van der Waals surface area contributed by atoms with Crippen LogP contribution in [0.3, 0.4) is 0 Å². The average Bonchev–Trinajstić information content (AvgIpc) is 2.73. The second-order valence-electron chi connectivity index (χ2n) is 8.69. The van der Waals surface area contributed by atoms with Crippen LogP contribution in [0.1, 0.15) is 48.7 Å². The van der Waals surface area contributed by atoms with E-state index in [1.165, 1.54) is 5.56 Å². The lowest BCUT2D eigenvalue weighted by Crippen LogP contribution is -2.55. The number of para-hydroxylation sites is 2. The Hall–Kier alpha value is -2.78. The van der Waals surface area contributed by atoms with Crippen molar-refractivity contribution in [2.75, 3.05) is 12.0 Å². The summed E-state index contributed by atoms with van der Waals surface area (Å²) in [5.74, 6) is 0.532. The second kappa shape index (κ2) is 7.48. The third-order valence-corrected chi connectivity index (χ3v) is 6.40. The summed E-state index contributed by atoms with van der Waals surface area (Å²) in [5, 5.41) is 0.721. The zero-order valence-electron chi connectivity index (χ0n) is 17.8. The van der Waals surface area contributed by atoms with Crippen molar-refractivity contribution in [1.29, 1.82) is 0 Å². The van der Waals surface area contributed by atoms with Gasteiger partial charge in [-0.15, -0.1) is 0 Å². The molecule has 0 unspecified atom stereocenters. The third kappa shape index (κ3) is 3.27. The average molecular weight is 420 g/mol. The third-order valence-electron chi connectivity index (χ3n) is 6.15. The van der Waals surface area contributed by atoms with Gasteiger partial charge < -0.3 is 9.64 Å². The Balaban J connectivity index is 1.89. The first-order valence-corrected chi connectivity index (χ1v) is 10.5. The van der Waals surface area contributed by atoms with Crippen LogP contribution in [0.5, 0.6) is 5.75 Å². The van der Waals surface area contributed by atoms with E-state index < -0.39 is 5.54 Å². The molecule has 4 heteroatoms. The zero-order chi connectivity index (χ0) is 21.5. The number of carbonyl (C=O) groups is 1. The molecule has 0 fully saturated rings. The Kier molecular flexibility index (Phi) is 5.11. The van der Waals surface area contributed by atoms with Crippen molar-refractivity contribution in [2.24, 2.45) is 0 Å². The van der Waals surface area contributed by atoms with Gasteiger partial charge in [0.1, 0.15) is 5.75 Å². The number of amides is 1. The Morgan fingerprint density at radius 1 is 0.933 bits per heavy atom. The van der Waals surface area contributed by atoms with E-state index in [0.717, 1.165) is 22.7 Å². The van der Waals surface area contributed by atoms with Gasteiger partial charge in [-0.3, -0.25) is 4.79 Å². The minimum atomic E-state index is -0.416. The second-order valence-corrected chi connectivity index (χ2v) is 9.12. The standard InChI is InChI=1S/C26H26ClNO2/c1-25(2)17-26(3,18-13-15-19(27)16-14-18)21-10-6-7-11-22(21)28(25)24(29)20-9-5-8-12-23(20)30-4/h5-16H,17H2,1-4H3/t26-/m1/s1. The van der Waals surface area contributed by atoms with Crippen LogP contribution in [0, 0.1) is 0 Å². The normalized spacial score (nSPS) is 19.8. The van der Waals surface area contributed by atoms with Crippen LogP contribution in [0.4, 0.5) is 5.69 Å². The number of methoxy groups -OCH3 is 1. The summed E-state index contributed by atoms with van der Waals surface area (Å²) in [6, 6.07) is 23.6. The highest BCUT2D eigenvalue weighted by Crippen LogP contribution is 2.51. The van der Waals surface area contributed by atoms with Gasteiger partial charge in [0.05, 0.1) is 12.7 Å². The van der Waals surface area contributed by atoms with Gasteiger partial charge in [0, 0.05) is 21.7 Å². The molecule has 1 atom stereocenters. The van der Waals surface area contributed by atoms with Crippen molar-refractivity contribution in [3.8, 4) is 5.75 Å². The fourth-order valence-electron chi connectivity index (χ4n) is 4.90. The monoisotopic (exact) mass is 419 g/mol. The summed E-state index contributed by atoms with van der Waals surface area (Å²) < 4.78 is 5.47. The molecule has 1 aliphatic heterocycles. The summed E-state index contributed by atoms with van der Waals surface area (Å²) in [7, 11) is 1.60. The van der Waals surface area contributed by atoms with Gasteiger partial charge in [-0.2, -0.15) is 0 Å². The Bertz CT molecular complexity index is 1090. The molecular weight excluding hydrogens is 394 g/mol. The van der Waals surface area contributed by atoms with Crippen LogP contribution >= 0.6 is 11.6 Å². The van der Waals surface area contributed by atoms with Gasteiger partial charge in [-0.25, -0.2) is 0 Å². The van der Waals surface area contributed by atoms with Crippen molar-refractivity contribution >= 4 is 23.2 Å². The molecule has 1 amide bonds. The number of benzene rings is 3. The summed E-state index contributed by atoms with van der Waals surface area (Å²) in [5.41, 5.74) is 3.16. The van der Waals surface area contributed by atoms with E-state index in [9.17, 15) is 4.79 Å². The van der Waals surface area contributed by atoms with Crippen LogP contribution < -0.4 is 9.64 Å². The number of halogens is 1. The van der Waals surface area contributed by atoms with E-state index in [1.54, 1.807) is 7.11 Å². The number of fused-ring (bicyclic) bond motifs is 1. The number of hydrogen-bond donors (Lipinski definition) is 0. The zero-order valence-corrected chi connectivity index (χ0v) is 18.5. The minimum Gasteiger partial charge on any atom is -0.496 e. The van der Waals surface area contributed by atoms with Gasteiger partial charge in [0.2, 0.25) is 0 Å². The summed E-state index contributed by atoms with van der Waals surface area (Å²) in [4.78, 5) is 15.7. The Morgan fingerprint density at radius 3 is 2.27 bits per heavy atom.